The highest BCUT2D eigenvalue weighted by atomic mass is 35.5. The highest BCUT2D eigenvalue weighted by Crippen LogP contribution is 2.21. The van der Waals surface area contributed by atoms with Gasteiger partial charge in [0.05, 0.1) is 10.5 Å². The van der Waals surface area contributed by atoms with Crippen LogP contribution < -0.4 is 0 Å². The van der Waals surface area contributed by atoms with Gasteiger partial charge in [-0.25, -0.2) is 9.97 Å². The second-order valence-electron chi connectivity index (χ2n) is 2.51. The van der Waals surface area contributed by atoms with Crippen LogP contribution in [0.3, 0.4) is 0 Å². The predicted molar refractivity (Wildman–Crippen MR) is 49.9 cm³/mol. The summed E-state index contributed by atoms with van der Waals surface area (Å²) in [5.74, 6) is 0. The lowest BCUT2D eigenvalue weighted by molar-refractivity contribution is 0.112. The number of carbonyl (C=O) groups is 1. The SMILES string of the molecule is O=Cc1ncnc2c(Cl)cccc12. The Bertz CT molecular complexity index is 470. The normalized spacial score (nSPS) is 10.2. The molecule has 0 fully saturated rings. The van der Waals surface area contributed by atoms with E-state index < -0.39 is 0 Å². The van der Waals surface area contributed by atoms with Crippen molar-refractivity contribution in [2.75, 3.05) is 0 Å². The predicted octanol–water partition coefficient (Wildman–Crippen LogP) is 2.10. The van der Waals surface area contributed by atoms with Gasteiger partial charge in [-0.15, -0.1) is 0 Å². The van der Waals surface area contributed by atoms with Crippen LogP contribution in [-0.2, 0) is 0 Å². The van der Waals surface area contributed by atoms with E-state index >= 15 is 0 Å². The van der Waals surface area contributed by atoms with Gasteiger partial charge in [-0.1, -0.05) is 23.7 Å². The van der Waals surface area contributed by atoms with Crippen molar-refractivity contribution in [3.63, 3.8) is 0 Å². The summed E-state index contributed by atoms with van der Waals surface area (Å²) in [5, 5.41) is 1.22. The number of halogens is 1. The van der Waals surface area contributed by atoms with Gasteiger partial charge in [0.15, 0.2) is 6.29 Å². The van der Waals surface area contributed by atoms with Crippen LogP contribution in [0.4, 0.5) is 0 Å². The van der Waals surface area contributed by atoms with E-state index in [9.17, 15) is 4.79 Å². The summed E-state index contributed by atoms with van der Waals surface area (Å²) in [5.41, 5.74) is 0.980. The maximum absolute atomic E-state index is 10.6. The summed E-state index contributed by atoms with van der Waals surface area (Å²) in [7, 11) is 0. The highest BCUT2D eigenvalue weighted by molar-refractivity contribution is 6.35. The van der Waals surface area contributed by atoms with E-state index in [-0.39, 0.29) is 0 Å². The second-order valence-corrected chi connectivity index (χ2v) is 2.92. The highest BCUT2D eigenvalue weighted by Gasteiger charge is 2.04. The first kappa shape index (κ1) is 8.13. The van der Waals surface area contributed by atoms with E-state index in [2.05, 4.69) is 9.97 Å². The van der Waals surface area contributed by atoms with Gasteiger partial charge < -0.3 is 0 Å². The third-order valence-electron chi connectivity index (χ3n) is 1.76. The average molecular weight is 193 g/mol. The van der Waals surface area contributed by atoms with E-state index in [4.69, 9.17) is 11.6 Å². The molecule has 13 heavy (non-hydrogen) atoms. The number of rotatable bonds is 1. The molecule has 0 amide bonds. The van der Waals surface area contributed by atoms with Crippen molar-refractivity contribution < 1.29 is 4.79 Å². The lowest BCUT2D eigenvalue weighted by Crippen LogP contribution is -1.91. The molecule has 0 spiro atoms. The summed E-state index contributed by atoms with van der Waals surface area (Å²) in [6, 6.07) is 5.26. The molecule has 1 heterocycles. The van der Waals surface area contributed by atoms with Crippen LogP contribution in [0, 0.1) is 0 Å². The number of aromatic nitrogens is 2. The molecule has 4 heteroatoms. The molecule has 2 aromatic rings. The van der Waals surface area contributed by atoms with Gasteiger partial charge in [0.1, 0.15) is 12.0 Å². The minimum Gasteiger partial charge on any atom is -0.296 e. The molecule has 0 bridgehead atoms. The Morgan fingerprint density at radius 2 is 2.15 bits per heavy atom. The maximum atomic E-state index is 10.6. The standard InChI is InChI=1S/C9H5ClN2O/c10-7-3-1-2-6-8(4-13)11-5-12-9(6)7/h1-5H. The fraction of sp³-hybridized carbons (Fsp3) is 0. The van der Waals surface area contributed by atoms with Crippen molar-refractivity contribution in [1.82, 2.24) is 9.97 Å². The Morgan fingerprint density at radius 1 is 1.31 bits per heavy atom. The van der Waals surface area contributed by atoms with Crippen LogP contribution >= 0.6 is 11.6 Å². The molecule has 0 N–H and O–H groups in total. The molecule has 0 aliphatic carbocycles. The first-order valence-corrected chi connectivity index (χ1v) is 4.05. The monoisotopic (exact) mass is 192 g/mol. The number of fused-ring (bicyclic) bond motifs is 1. The smallest absolute Gasteiger partial charge is 0.169 e. The third-order valence-corrected chi connectivity index (χ3v) is 2.06. The van der Waals surface area contributed by atoms with Crippen molar-refractivity contribution in [2.24, 2.45) is 0 Å². The quantitative estimate of drug-likeness (QED) is 0.650. The number of para-hydroxylation sites is 1. The summed E-state index contributed by atoms with van der Waals surface area (Å²) < 4.78 is 0. The Labute approximate surface area is 79.4 Å². The molecule has 2 rings (SSSR count). The fourth-order valence-electron chi connectivity index (χ4n) is 1.17. The molecule has 0 aliphatic heterocycles. The minimum absolute atomic E-state index is 0.368. The Morgan fingerprint density at radius 3 is 2.92 bits per heavy atom. The number of benzene rings is 1. The van der Waals surface area contributed by atoms with Crippen molar-refractivity contribution >= 4 is 28.8 Å². The van der Waals surface area contributed by atoms with Crippen LogP contribution in [0.2, 0.25) is 5.02 Å². The largest absolute Gasteiger partial charge is 0.296 e. The second kappa shape index (κ2) is 3.11. The zero-order chi connectivity index (χ0) is 9.26. The molecule has 1 aromatic heterocycles. The molecule has 0 saturated heterocycles. The fourth-order valence-corrected chi connectivity index (χ4v) is 1.39. The molecule has 0 saturated carbocycles. The molecular weight excluding hydrogens is 188 g/mol. The van der Waals surface area contributed by atoms with E-state index in [0.717, 1.165) is 0 Å². The van der Waals surface area contributed by atoms with Gasteiger partial charge in [0.25, 0.3) is 0 Å². The van der Waals surface area contributed by atoms with Gasteiger partial charge in [0.2, 0.25) is 0 Å². The van der Waals surface area contributed by atoms with E-state index in [0.29, 0.717) is 27.9 Å². The number of carbonyl (C=O) groups excluding carboxylic acids is 1. The summed E-state index contributed by atoms with van der Waals surface area (Å²) in [4.78, 5) is 18.4. The van der Waals surface area contributed by atoms with Crippen molar-refractivity contribution in [2.45, 2.75) is 0 Å². The Balaban J connectivity index is 2.92. The van der Waals surface area contributed by atoms with Gasteiger partial charge in [-0.3, -0.25) is 4.79 Å². The Hall–Kier alpha value is -1.48. The van der Waals surface area contributed by atoms with Gasteiger partial charge in [-0.2, -0.15) is 0 Å². The van der Waals surface area contributed by atoms with Crippen LogP contribution in [-0.4, -0.2) is 16.3 Å². The van der Waals surface area contributed by atoms with Gasteiger partial charge in [0, 0.05) is 5.39 Å². The topological polar surface area (TPSA) is 42.9 Å². The van der Waals surface area contributed by atoms with Crippen LogP contribution in [0.25, 0.3) is 10.9 Å². The number of hydrogen-bond donors (Lipinski definition) is 0. The first-order chi connectivity index (χ1) is 6.33. The van der Waals surface area contributed by atoms with Crippen molar-refractivity contribution in [1.29, 1.82) is 0 Å². The molecule has 0 radical (unpaired) electrons. The average Bonchev–Trinajstić information content (AvgIpc) is 2.18. The van der Waals surface area contributed by atoms with Crippen molar-refractivity contribution in [3.8, 4) is 0 Å². The summed E-state index contributed by atoms with van der Waals surface area (Å²) in [6.07, 6.45) is 2.03. The zero-order valence-electron chi connectivity index (χ0n) is 6.57. The minimum atomic E-state index is 0.368. The lowest BCUT2D eigenvalue weighted by Gasteiger charge is -1.99. The van der Waals surface area contributed by atoms with E-state index in [1.165, 1.54) is 6.33 Å². The van der Waals surface area contributed by atoms with Gasteiger partial charge >= 0.3 is 0 Å². The van der Waals surface area contributed by atoms with Crippen LogP contribution in [0.1, 0.15) is 10.5 Å². The molecule has 3 nitrogen and oxygen atoms in total. The zero-order valence-corrected chi connectivity index (χ0v) is 7.32. The number of aldehydes is 1. The van der Waals surface area contributed by atoms with Crippen molar-refractivity contribution in [3.05, 3.63) is 35.2 Å². The summed E-state index contributed by atoms with van der Waals surface area (Å²) >= 11 is 5.88. The van der Waals surface area contributed by atoms with E-state index in [1.54, 1.807) is 18.2 Å². The van der Waals surface area contributed by atoms with Crippen LogP contribution in [0.15, 0.2) is 24.5 Å². The lowest BCUT2D eigenvalue weighted by atomic mass is 10.2. The molecule has 64 valence electrons. The van der Waals surface area contributed by atoms with Crippen LogP contribution in [0.5, 0.6) is 0 Å². The maximum Gasteiger partial charge on any atom is 0.169 e. The Kier molecular flexibility index (Phi) is 1.94. The molecular formula is C9H5ClN2O. The third kappa shape index (κ3) is 1.27. The summed E-state index contributed by atoms with van der Waals surface area (Å²) in [6.45, 7) is 0. The van der Waals surface area contributed by atoms with Gasteiger partial charge in [-0.05, 0) is 6.07 Å². The molecule has 0 atom stereocenters. The molecule has 1 aromatic carbocycles. The molecule has 0 unspecified atom stereocenters. The van der Waals surface area contributed by atoms with E-state index in [1.807, 2.05) is 0 Å². The molecule has 0 aliphatic rings. The first-order valence-electron chi connectivity index (χ1n) is 3.67. The number of nitrogens with zero attached hydrogens (tertiary/aromatic N) is 2. The number of hydrogen-bond acceptors (Lipinski definition) is 3.